The minimum atomic E-state index is -0.285. The Kier molecular flexibility index (Phi) is 6.26. The fraction of sp³-hybridized carbons (Fsp3) is 0.200. The molecule has 1 heterocycles. The third-order valence-corrected chi connectivity index (χ3v) is 5.29. The molecule has 0 radical (unpaired) electrons. The Labute approximate surface area is 186 Å². The number of amides is 1. The highest BCUT2D eigenvalue weighted by molar-refractivity contribution is 6.05. The first-order chi connectivity index (χ1) is 15.6. The summed E-state index contributed by atoms with van der Waals surface area (Å²) < 4.78 is 18.1. The molecule has 1 amide bonds. The van der Waals surface area contributed by atoms with E-state index in [0.717, 1.165) is 24.0 Å². The number of nitrogens with zero attached hydrogens (tertiary/aromatic N) is 2. The topological polar surface area (TPSA) is 74.6 Å². The summed E-state index contributed by atoms with van der Waals surface area (Å²) in [5.74, 6) is 0.996. The van der Waals surface area contributed by atoms with Gasteiger partial charge >= 0.3 is 0 Å². The number of hydrogen-bond donors (Lipinski definition) is 1. The number of benzene rings is 3. The highest BCUT2D eigenvalue weighted by Gasteiger charge is 2.17. The number of anilines is 1. The van der Waals surface area contributed by atoms with Crippen LogP contribution in [0, 0.1) is 0 Å². The zero-order valence-corrected chi connectivity index (χ0v) is 18.3. The first-order valence-electron chi connectivity index (χ1n) is 10.2. The van der Waals surface area contributed by atoms with E-state index >= 15 is 0 Å². The maximum atomic E-state index is 12.9. The van der Waals surface area contributed by atoms with Crippen LogP contribution in [0.15, 0.2) is 67.0 Å². The molecule has 0 saturated heterocycles. The number of imidazole rings is 1. The number of hydrogen-bond acceptors (Lipinski definition) is 5. The zero-order valence-electron chi connectivity index (χ0n) is 18.3. The average molecular weight is 431 g/mol. The van der Waals surface area contributed by atoms with E-state index in [9.17, 15) is 4.79 Å². The number of nitrogens with one attached hydrogen (secondary N) is 1. The Balaban J connectivity index is 1.52. The van der Waals surface area contributed by atoms with Gasteiger partial charge < -0.3 is 24.1 Å². The summed E-state index contributed by atoms with van der Waals surface area (Å²) in [5.41, 5.74) is 4.17. The summed E-state index contributed by atoms with van der Waals surface area (Å²) in [7, 11) is 4.55. The molecule has 0 saturated carbocycles. The van der Waals surface area contributed by atoms with Crippen molar-refractivity contribution in [3.8, 4) is 17.2 Å². The molecule has 0 unspecified atom stereocenters. The fourth-order valence-corrected chi connectivity index (χ4v) is 3.63. The molecule has 0 aliphatic rings. The van der Waals surface area contributed by atoms with Gasteiger partial charge in [0.05, 0.1) is 38.7 Å². The van der Waals surface area contributed by atoms with Gasteiger partial charge in [-0.25, -0.2) is 4.98 Å². The van der Waals surface area contributed by atoms with Crippen LogP contribution >= 0.6 is 0 Å². The second-order valence-corrected chi connectivity index (χ2v) is 7.25. The van der Waals surface area contributed by atoms with Crippen molar-refractivity contribution in [2.75, 3.05) is 26.6 Å². The van der Waals surface area contributed by atoms with Crippen LogP contribution in [0.25, 0.3) is 11.0 Å². The molecular weight excluding hydrogens is 406 g/mol. The van der Waals surface area contributed by atoms with Crippen molar-refractivity contribution in [3.63, 3.8) is 0 Å². The maximum Gasteiger partial charge on any atom is 0.255 e. The second kappa shape index (κ2) is 9.43. The molecule has 0 atom stereocenters. The van der Waals surface area contributed by atoms with E-state index in [0.29, 0.717) is 28.5 Å². The quantitative estimate of drug-likeness (QED) is 0.443. The van der Waals surface area contributed by atoms with Crippen LogP contribution < -0.4 is 19.5 Å². The van der Waals surface area contributed by atoms with Gasteiger partial charge in [-0.05, 0) is 42.3 Å². The molecule has 0 bridgehead atoms. The Morgan fingerprint density at radius 3 is 2.31 bits per heavy atom. The smallest absolute Gasteiger partial charge is 0.255 e. The normalized spacial score (nSPS) is 10.7. The molecule has 164 valence electrons. The van der Waals surface area contributed by atoms with Crippen molar-refractivity contribution in [2.45, 2.75) is 13.0 Å². The lowest BCUT2D eigenvalue weighted by molar-refractivity contribution is 0.102. The van der Waals surface area contributed by atoms with Crippen molar-refractivity contribution in [3.05, 3.63) is 78.1 Å². The van der Waals surface area contributed by atoms with Gasteiger partial charge in [0.1, 0.15) is 0 Å². The first kappa shape index (κ1) is 21.2. The summed E-state index contributed by atoms with van der Waals surface area (Å²) in [6, 6.07) is 19.3. The summed E-state index contributed by atoms with van der Waals surface area (Å²) >= 11 is 0. The SMILES string of the molecule is COc1cc(C(=O)Nc2ccc3c(c2)ncn3CCc2ccccc2)cc(OC)c1OC. The first-order valence-corrected chi connectivity index (χ1v) is 10.2. The van der Waals surface area contributed by atoms with Gasteiger partial charge in [-0.3, -0.25) is 4.79 Å². The van der Waals surface area contributed by atoms with Crippen molar-refractivity contribution < 1.29 is 19.0 Å². The lowest BCUT2D eigenvalue weighted by Crippen LogP contribution is -2.12. The Hall–Kier alpha value is -4.00. The van der Waals surface area contributed by atoms with E-state index in [1.807, 2.05) is 42.7 Å². The summed E-state index contributed by atoms with van der Waals surface area (Å²) in [6.45, 7) is 0.831. The molecule has 0 fully saturated rings. The predicted molar refractivity (Wildman–Crippen MR) is 124 cm³/mol. The van der Waals surface area contributed by atoms with Gasteiger partial charge in [-0.1, -0.05) is 30.3 Å². The van der Waals surface area contributed by atoms with Crippen molar-refractivity contribution in [1.29, 1.82) is 0 Å². The number of fused-ring (bicyclic) bond motifs is 1. The Bertz CT molecular complexity index is 1210. The van der Waals surface area contributed by atoms with Gasteiger partial charge in [-0.2, -0.15) is 0 Å². The summed E-state index contributed by atoms with van der Waals surface area (Å²) in [6.07, 6.45) is 2.75. The molecule has 1 aromatic heterocycles. The highest BCUT2D eigenvalue weighted by atomic mass is 16.5. The fourth-order valence-electron chi connectivity index (χ4n) is 3.63. The standard InChI is InChI=1S/C25H25N3O4/c1-30-22-13-18(14-23(31-2)24(22)32-3)25(29)27-19-9-10-21-20(15-19)26-16-28(21)12-11-17-7-5-4-6-8-17/h4-10,13-16H,11-12H2,1-3H3,(H,27,29). The molecule has 1 N–H and O–H groups in total. The third-order valence-electron chi connectivity index (χ3n) is 5.29. The Morgan fingerprint density at radius 2 is 1.66 bits per heavy atom. The highest BCUT2D eigenvalue weighted by Crippen LogP contribution is 2.38. The van der Waals surface area contributed by atoms with E-state index in [-0.39, 0.29) is 5.91 Å². The van der Waals surface area contributed by atoms with Crippen LogP contribution in [0.3, 0.4) is 0 Å². The van der Waals surface area contributed by atoms with Crippen molar-refractivity contribution >= 4 is 22.6 Å². The number of carbonyl (C=O) groups is 1. The van der Waals surface area contributed by atoms with Gasteiger partial charge in [0.25, 0.3) is 5.91 Å². The number of aromatic nitrogens is 2. The third kappa shape index (κ3) is 4.37. The number of rotatable bonds is 8. The van der Waals surface area contributed by atoms with E-state index in [1.54, 1.807) is 12.1 Å². The molecule has 7 heteroatoms. The van der Waals surface area contributed by atoms with Crippen LogP contribution in [0.4, 0.5) is 5.69 Å². The van der Waals surface area contributed by atoms with Crippen molar-refractivity contribution in [2.24, 2.45) is 0 Å². The van der Waals surface area contributed by atoms with Gasteiger partial charge in [0.2, 0.25) is 5.75 Å². The lowest BCUT2D eigenvalue weighted by Gasteiger charge is -2.14. The lowest BCUT2D eigenvalue weighted by atomic mass is 10.1. The van der Waals surface area contributed by atoms with Crippen LogP contribution in [0.5, 0.6) is 17.2 Å². The molecule has 0 aliphatic heterocycles. The molecule has 32 heavy (non-hydrogen) atoms. The Morgan fingerprint density at radius 1 is 0.938 bits per heavy atom. The van der Waals surface area contributed by atoms with E-state index in [2.05, 4.69) is 27.0 Å². The van der Waals surface area contributed by atoms with Crippen LogP contribution in [0.2, 0.25) is 0 Å². The summed E-state index contributed by atoms with van der Waals surface area (Å²) in [4.78, 5) is 17.4. The average Bonchev–Trinajstić information content (AvgIpc) is 3.24. The number of methoxy groups -OCH3 is 3. The van der Waals surface area contributed by atoms with Gasteiger partial charge in [0, 0.05) is 17.8 Å². The molecule has 4 aromatic rings. The number of carbonyl (C=O) groups excluding carboxylic acids is 1. The molecular formula is C25H25N3O4. The van der Waals surface area contributed by atoms with E-state index in [4.69, 9.17) is 14.2 Å². The van der Waals surface area contributed by atoms with Crippen LogP contribution in [-0.4, -0.2) is 36.8 Å². The van der Waals surface area contributed by atoms with Crippen LogP contribution in [-0.2, 0) is 13.0 Å². The number of ether oxygens (including phenoxy) is 3. The van der Waals surface area contributed by atoms with E-state index < -0.39 is 0 Å². The van der Waals surface area contributed by atoms with Crippen LogP contribution in [0.1, 0.15) is 15.9 Å². The van der Waals surface area contributed by atoms with E-state index in [1.165, 1.54) is 26.9 Å². The van der Waals surface area contributed by atoms with Crippen molar-refractivity contribution in [1.82, 2.24) is 9.55 Å². The number of aryl methyl sites for hydroxylation is 2. The predicted octanol–water partition coefficient (Wildman–Crippen LogP) is 4.56. The molecule has 7 nitrogen and oxygen atoms in total. The molecule has 0 spiro atoms. The molecule has 0 aliphatic carbocycles. The molecule has 3 aromatic carbocycles. The largest absolute Gasteiger partial charge is 0.493 e. The van der Waals surface area contributed by atoms with Gasteiger partial charge in [0.15, 0.2) is 11.5 Å². The minimum Gasteiger partial charge on any atom is -0.493 e. The van der Waals surface area contributed by atoms with Gasteiger partial charge in [-0.15, -0.1) is 0 Å². The summed E-state index contributed by atoms with van der Waals surface area (Å²) in [5, 5.41) is 2.92. The minimum absolute atomic E-state index is 0.285. The molecule has 4 rings (SSSR count). The second-order valence-electron chi connectivity index (χ2n) is 7.25. The monoisotopic (exact) mass is 431 g/mol. The zero-order chi connectivity index (χ0) is 22.5. The maximum absolute atomic E-state index is 12.9.